The van der Waals surface area contributed by atoms with Crippen LogP contribution in [0.15, 0.2) is 24.3 Å². The van der Waals surface area contributed by atoms with Crippen LogP contribution in [0.2, 0.25) is 0 Å². The maximum Gasteiger partial charge on any atom is 0.383 e. The van der Waals surface area contributed by atoms with Gasteiger partial charge in [-0.15, -0.1) is 0 Å². The van der Waals surface area contributed by atoms with Gasteiger partial charge in [0.15, 0.2) is 6.10 Å². The molecule has 3 aliphatic rings. The Hall–Kier alpha value is -2.97. The van der Waals surface area contributed by atoms with Gasteiger partial charge in [-0.25, -0.2) is 4.79 Å². The number of nitro groups is 1. The summed E-state index contributed by atoms with van der Waals surface area (Å²) in [5, 5.41) is 13.1. The molecule has 0 spiro atoms. The Morgan fingerprint density at radius 3 is 2.42 bits per heavy atom. The predicted molar refractivity (Wildman–Crippen MR) is 79.4 cm³/mol. The molecule has 0 aromatic heterocycles. The second-order valence-corrected chi connectivity index (χ2v) is 5.22. The minimum atomic E-state index is -1.36. The van der Waals surface area contributed by atoms with Crippen molar-refractivity contribution in [1.29, 1.82) is 0 Å². The molecule has 3 atom stereocenters. The van der Waals surface area contributed by atoms with Crippen molar-refractivity contribution in [3.8, 4) is 0 Å². The van der Waals surface area contributed by atoms with Crippen LogP contribution in [0.25, 0.3) is 0 Å². The van der Waals surface area contributed by atoms with Crippen molar-refractivity contribution in [3.63, 3.8) is 0 Å². The number of esters is 2. The number of carbonyl (C=O) groups excluding carboxylic acids is 3. The van der Waals surface area contributed by atoms with Crippen molar-refractivity contribution in [2.24, 2.45) is 0 Å². The molecule has 128 valence electrons. The average Bonchev–Trinajstić information content (AvgIpc) is 2.80. The standard InChI is InChI=1S/C8H5NO4.C7H11NO3/c10-8-6-3-1-5(2-4-6)7(13-8)9(11)12;1-3-5-6(7(10)8-5)11-4(2)9/h1-4,7H;5-6H,3H2,1-2H3,(H,8,10). The van der Waals surface area contributed by atoms with Gasteiger partial charge in [-0.3, -0.25) is 19.7 Å². The van der Waals surface area contributed by atoms with E-state index in [2.05, 4.69) is 10.1 Å². The zero-order valence-corrected chi connectivity index (χ0v) is 13.1. The van der Waals surface area contributed by atoms with Crippen LogP contribution in [0.5, 0.6) is 0 Å². The van der Waals surface area contributed by atoms with Gasteiger partial charge in [0.05, 0.1) is 22.1 Å². The molecular formula is C15H16N2O7. The quantitative estimate of drug-likeness (QED) is 0.377. The highest BCUT2D eigenvalue weighted by molar-refractivity contribution is 5.90. The van der Waals surface area contributed by atoms with Crippen LogP contribution in [-0.2, 0) is 19.1 Å². The molecular weight excluding hydrogens is 320 g/mol. The zero-order valence-electron chi connectivity index (χ0n) is 13.1. The molecule has 9 nitrogen and oxygen atoms in total. The van der Waals surface area contributed by atoms with Gasteiger partial charge >= 0.3 is 18.2 Å². The van der Waals surface area contributed by atoms with Crippen molar-refractivity contribution in [3.05, 3.63) is 45.5 Å². The summed E-state index contributed by atoms with van der Waals surface area (Å²) in [4.78, 5) is 42.1. The Balaban J connectivity index is 0.000000177. The van der Waals surface area contributed by atoms with Crippen LogP contribution in [-0.4, -0.2) is 34.9 Å². The van der Waals surface area contributed by atoms with E-state index >= 15 is 0 Å². The van der Waals surface area contributed by atoms with Gasteiger partial charge < -0.3 is 14.8 Å². The van der Waals surface area contributed by atoms with E-state index in [1.165, 1.54) is 31.2 Å². The number of benzene rings is 1. The first-order valence-electron chi connectivity index (χ1n) is 7.25. The van der Waals surface area contributed by atoms with Gasteiger partial charge in [-0.2, -0.15) is 0 Å². The maximum atomic E-state index is 11.1. The summed E-state index contributed by atoms with van der Waals surface area (Å²) in [5.74, 6) is -1.24. The number of amides is 1. The number of fused-ring (bicyclic) bond motifs is 4. The van der Waals surface area contributed by atoms with Crippen LogP contribution in [0.1, 0.15) is 42.4 Å². The normalized spacial score (nSPS) is 23.7. The predicted octanol–water partition coefficient (Wildman–Crippen LogP) is 0.959. The molecule has 3 heterocycles. The van der Waals surface area contributed by atoms with Crippen LogP contribution < -0.4 is 5.32 Å². The van der Waals surface area contributed by atoms with Gasteiger partial charge in [0.1, 0.15) is 0 Å². The lowest BCUT2D eigenvalue weighted by molar-refractivity contribution is -0.574. The Morgan fingerprint density at radius 1 is 1.33 bits per heavy atom. The van der Waals surface area contributed by atoms with Crippen molar-refractivity contribution < 1.29 is 28.8 Å². The minimum absolute atomic E-state index is 0.0198. The molecule has 0 aliphatic carbocycles. The first-order valence-corrected chi connectivity index (χ1v) is 7.25. The number of β-lactam (4-membered cyclic amide) rings is 1. The molecule has 9 heteroatoms. The summed E-state index contributed by atoms with van der Waals surface area (Å²) < 4.78 is 9.37. The number of ether oxygens (including phenoxy) is 2. The largest absolute Gasteiger partial charge is 0.450 e. The van der Waals surface area contributed by atoms with Crippen molar-refractivity contribution in [1.82, 2.24) is 5.32 Å². The summed E-state index contributed by atoms with van der Waals surface area (Å²) in [5.41, 5.74) is 0.729. The van der Waals surface area contributed by atoms with Crippen LogP contribution in [0.3, 0.4) is 0 Å². The smallest absolute Gasteiger partial charge is 0.383 e. The lowest BCUT2D eigenvalue weighted by Gasteiger charge is -2.34. The van der Waals surface area contributed by atoms with E-state index in [1.807, 2.05) is 6.92 Å². The molecule has 1 aromatic carbocycles. The fourth-order valence-corrected chi connectivity index (χ4v) is 2.24. The lowest BCUT2D eigenvalue weighted by Crippen LogP contribution is -2.63. The van der Waals surface area contributed by atoms with Gasteiger partial charge in [0, 0.05) is 6.92 Å². The van der Waals surface area contributed by atoms with Crippen LogP contribution in [0, 0.1) is 10.1 Å². The molecule has 0 radical (unpaired) electrons. The first kappa shape index (κ1) is 17.4. The highest BCUT2D eigenvalue weighted by Crippen LogP contribution is 2.24. The fourth-order valence-electron chi connectivity index (χ4n) is 2.24. The SMILES string of the molecule is CCC1NC(=O)C1OC(C)=O.O=C1OC([N+](=O)[O-])c2ccc1cc2. The highest BCUT2D eigenvalue weighted by atomic mass is 16.7. The summed E-state index contributed by atoms with van der Waals surface area (Å²) in [6, 6.07) is 6.09. The Labute approximate surface area is 137 Å². The number of carbonyl (C=O) groups is 3. The molecule has 4 rings (SSSR count). The Kier molecular flexibility index (Phi) is 5.12. The van der Waals surface area contributed by atoms with Gasteiger partial charge in [-0.1, -0.05) is 6.92 Å². The highest BCUT2D eigenvalue weighted by Gasteiger charge is 2.40. The molecule has 2 bridgehead atoms. The number of hydrogen-bond acceptors (Lipinski definition) is 7. The summed E-state index contributed by atoms with van der Waals surface area (Å²) in [6.07, 6.45) is -1.11. The zero-order chi connectivity index (χ0) is 17.9. The molecule has 1 aromatic rings. The lowest BCUT2D eigenvalue weighted by atomic mass is 10.00. The van der Waals surface area contributed by atoms with E-state index in [-0.39, 0.29) is 11.9 Å². The number of nitrogens with one attached hydrogen (secondary N) is 1. The fraction of sp³-hybridized carbons (Fsp3) is 0.400. The minimum Gasteiger partial charge on any atom is -0.450 e. The molecule has 3 unspecified atom stereocenters. The van der Waals surface area contributed by atoms with Gasteiger partial charge in [0.25, 0.3) is 5.91 Å². The van der Waals surface area contributed by atoms with Crippen molar-refractivity contribution in [2.75, 3.05) is 0 Å². The Bertz CT molecular complexity index is 671. The number of hydrogen-bond donors (Lipinski definition) is 1. The summed E-state index contributed by atoms with van der Waals surface area (Å²) >= 11 is 0. The summed E-state index contributed by atoms with van der Waals surface area (Å²) in [7, 11) is 0. The van der Waals surface area contributed by atoms with E-state index in [0.29, 0.717) is 11.1 Å². The monoisotopic (exact) mass is 336 g/mol. The van der Waals surface area contributed by atoms with Crippen molar-refractivity contribution >= 4 is 17.8 Å². The second-order valence-electron chi connectivity index (χ2n) is 5.22. The third-order valence-electron chi connectivity index (χ3n) is 3.53. The van der Waals surface area contributed by atoms with E-state index in [0.717, 1.165) is 6.42 Å². The molecule has 0 saturated carbocycles. The third-order valence-corrected chi connectivity index (χ3v) is 3.53. The topological polar surface area (TPSA) is 125 Å². The molecule has 24 heavy (non-hydrogen) atoms. The first-order chi connectivity index (χ1) is 11.3. The molecule has 1 fully saturated rings. The summed E-state index contributed by atoms with van der Waals surface area (Å²) in [6.45, 7) is 3.24. The molecule has 3 aliphatic heterocycles. The van der Waals surface area contributed by atoms with E-state index < -0.39 is 29.2 Å². The molecule has 1 amide bonds. The van der Waals surface area contributed by atoms with Gasteiger partial charge in [0.2, 0.25) is 0 Å². The second kappa shape index (κ2) is 7.07. The molecule has 1 N–H and O–H groups in total. The maximum absolute atomic E-state index is 11.1. The number of rotatable bonds is 3. The number of nitrogens with zero attached hydrogens (tertiary/aromatic N) is 1. The third kappa shape index (κ3) is 3.67. The van der Waals surface area contributed by atoms with Crippen molar-refractivity contribution in [2.45, 2.75) is 38.6 Å². The van der Waals surface area contributed by atoms with Gasteiger partial charge in [-0.05, 0) is 30.7 Å². The van der Waals surface area contributed by atoms with E-state index in [9.17, 15) is 24.5 Å². The van der Waals surface area contributed by atoms with Crippen LogP contribution >= 0.6 is 0 Å². The van der Waals surface area contributed by atoms with E-state index in [4.69, 9.17) is 4.74 Å². The molecule has 1 saturated heterocycles. The van der Waals surface area contributed by atoms with Crippen LogP contribution in [0.4, 0.5) is 0 Å². The Morgan fingerprint density at radius 2 is 1.96 bits per heavy atom. The van der Waals surface area contributed by atoms with E-state index in [1.54, 1.807) is 0 Å². The average molecular weight is 336 g/mol.